The summed E-state index contributed by atoms with van der Waals surface area (Å²) in [6.45, 7) is 1.27. The first-order valence-electron chi connectivity index (χ1n) is 14.7. The lowest BCUT2D eigenvalue weighted by Crippen LogP contribution is -2.62. The Hall–Kier alpha value is -3.22. The third kappa shape index (κ3) is 5.45. The molecule has 2 aromatic rings. The Morgan fingerprint density at radius 3 is 2.56 bits per heavy atom. The maximum Gasteiger partial charge on any atom is 0.511 e. The van der Waals surface area contributed by atoms with Crippen molar-refractivity contribution in [1.29, 1.82) is 0 Å². The lowest BCUT2D eigenvalue weighted by molar-refractivity contribution is -0.0146. The van der Waals surface area contributed by atoms with Gasteiger partial charge in [0.1, 0.15) is 12.4 Å². The monoisotopic (exact) mass is 533 g/mol. The van der Waals surface area contributed by atoms with E-state index in [-0.39, 0.29) is 24.3 Å². The third-order valence-corrected chi connectivity index (χ3v) is 9.56. The maximum absolute atomic E-state index is 13.2. The Morgan fingerprint density at radius 2 is 1.72 bits per heavy atom. The van der Waals surface area contributed by atoms with Crippen LogP contribution in [0.5, 0.6) is 5.75 Å². The molecule has 39 heavy (non-hydrogen) atoms. The number of amides is 1. The molecule has 1 amide bonds. The molecule has 4 aliphatic rings. The maximum atomic E-state index is 13.2. The molecule has 3 aliphatic carbocycles. The molecule has 3 fully saturated rings. The van der Waals surface area contributed by atoms with E-state index in [9.17, 15) is 9.59 Å². The average Bonchev–Trinajstić information content (AvgIpc) is 3.50. The number of benzene rings is 2. The summed E-state index contributed by atoms with van der Waals surface area (Å²) in [5.41, 5.74) is 3.68. The molecule has 0 N–H and O–H groups in total. The molecular formula is C32H39NO6. The van der Waals surface area contributed by atoms with Gasteiger partial charge in [-0.2, -0.15) is 0 Å². The van der Waals surface area contributed by atoms with Gasteiger partial charge in [-0.3, -0.25) is 0 Å². The van der Waals surface area contributed by atoms with Crippen molar-refractivity contribution >= 4 is 12.2 Å². The van der Waals surface area contributed by atoms with Crippen molar-refractivity contribution < 1.29 is 28.5 Å². The average molecular weight is 534 g/mol. The van der Waals surface area contributed by atoms with Crippen LogP contribution >= 0.6 is 0 Å². The van der Waals surface area contributed by atoms with Gasteiger partial charge in [-0.25, -0.2) is 9.59 Å². The van der Waals surface area contributed by atoms with E-state index in [2.05, 4.69) is 12.1 Å². The second kappa shape index (κ2) is 11.5. The highest BCUT2D eigenvalue weighted by molar-refractivity contribution is 5.69. The number of likely N-dealkylation sites (tertiary alicyclic amines) is 1. The molecule has 1 saturated heterocycles. The molecule has 1 aliphatic heterocycles. The van der Waals surface area contributed by atoms with E-state index in [0.29, 0.717) is 37.3 Å². The van der Waals surface area contributed by atoms with Gasteiger partial charge in [0.25, 0.3) is 0 Å². The van der Waals surface area contributed by atoms with Gasteiger partial charge in [-0.15, -0.1) is 0 Å². The molecule has 208 valence electrons. The molecule has 0 aromatic heterocycles. The van der Waals surface area contributed by atoms with Gasteiger partial charge in [0.05, 0.1) is 6.61 Å². The largest absolute Gasteiger partial charge is 0.511 e. The summed E-state index contributed by atoms with van der Waals surface area (Å²) in [6, 6.07) is 16.2. The van der Waals surface area contributed by atoms with E-state index >= 15 is 0 Å². The number of ether oxygens (including phenoxy) is 4. The first-order valence-corrected chi connectivity index (χ1v) is 14.7. The molecule has 0 spiro atoms. The van der Waals surface area contributed by atoms with E-state index in [1.54, 1.807) is 0 Å². The van der Waals surface area contributed by atoms with Gasteiger partial charge in [0, 0.05) is 18.0 Å². The second-order valence-corrected chi connectivity index (χ2v) is 11.7. The number of carbonyl (C=O) groups excluding carboxylic acids is 2. The fraction of sp³-hybridized carbons (Fsp3) is 0.562. The number of rotatable bonds is 7. The van der Waals surface area contributed by atoms with Crippen LogP contribution in [0.25, 0.3) is 0 Å². The van der Waals surface area contributed by atoms with Crippen LogP contribution in [0.15, 0.2) is 48.5 Å². The zero-order valence-corrected chi connectivity index (χ0v) is 22.6. The number of carbonyl (C=O) groups is 2. The molecule has 3 atom stereocenters. The molecule has 1 heterocycles. The Balaban J connectivity index is 1.11. The lowest BCUT2D eigenvalue weighted by atomic mass is 9.52. The van der Waals surface area contributed by atoms with Crippen LogP contribution in [0.1, 0.15) is 74.5 Å². The third-order valence-electron chi connectivity index (χ3n) is 9.56. The molecule has 2 saturated carbocycles. The Kier molecular flexibility index (Phi) is 7.67. The molecule has 0 unspecified atom stereocenters. The van der Waals surface area contributed by atoms with Crippen LogP contribution in [0.4, 0.5) is 9.59 Å². The van der Waals surface area contributed by atoms with Crippen LogP contribution in [0.2, 0.25) is 0 Å². The molecule has 0 radical (unpaired) electrons. The minimum Gasteiger partial charge on any atom is -0.457 e. The van der Waals surface area contributed by atoms with Crippen LogP contribution < -0.4 is 4.74 Å². The summed E-state index contributed by atoms with van der Waals surface area (Å²) >= 11 is 0. The normalized spacial score (nSPS) is 25.8. The number of hydrogen-bond donors (Lipinski definition) is 0. The van der Waals surface area contributed by atoms with Crippen molar-refractivity contribution in [3.05, 3.63) is 65.2 Å². The predicted octanol–water partition coefficient (Wildman–Crippen LogP) is 6.76. The molecular weight excluding hydrogens is 494 g/mol. The Labute approximate surface area is 230 Å². The summed E-state index contributed by atoms with van der Waals surface area (Å²) in [7, 11) is 0. The van der Waals surface area contributed by atoms with Gasteiger partial charge < -0.3 is 23.8 Å². The van der Waals surface area contributed by atoms with E-state index in [4.69, 9.17) is 18.9 Å². The first-order chi connectivity index (χ1) is 19.1. The highest BCUT2D eigenvalue weighted by atomic mass is 16.8. The standard InChI is InChI=1S/C32H39NO6/c34-30(36-20-23-8-2-1-3-9-23)33-17-16-32-15-7-6-12-27(32)29(33)18-25-13-14-26(19-28(25)32)38-22-39-31(35)37-21-24-10-4-5-11-24/h1-3,8-9,13-14,19,24,27,29H,4-7,10-12,15-18,20-22H2/t27-,29+,32+/m1/s1. The zero-order chi connectivity index (χ0) is 26.7. The quantitative estimate of drug-likeness (QED) is 0.289. The van der Waals surface area contributed by atoms with Crippen LogP contribution in [-0.4, -0.2) is 43.1 Å². The van der Waals surface area contributed by atoms with Crippen molar-refractivity contribution in [2.45, 2.75) is 82.3 Å². The summed E-state index contributed by atoms with van der Waals surface area (Å²) in [6.07, 6.45) is 10.2. The number of fused-ring (bicyclic) bond motifs is 1. The van der Waals surface area contributed by atoms with E-state index in [1.165, 1.54) is 36.8 Å². The van der Waals surface area contributed by atoms with Crippen LogP contribution in [-0.2, 0) is 32.7 Å². The smallest absolute Gasteiger partial charge is 0.457 e. The van der Waals surface area contributed by atoms with E-state index in [1.807, 2.05) is 41.3 Å². The summed E-state index contributed by atoms with van der Waals surface area (Å²) in [5, 5.41) is 0. The molecule has 6 rings (SSSR count). The van der Waals surface area contributed by atoms with Crippen molar-refractivity contribution in [3.8, 4) is 5.75 Å². The fourth-order valence-electron chi connectivity index (χ4n) is 7.65. The van der Waals surface area contributed by atoms with Gasteiger partial charge in [0.15, 0.2) is 0 Å². The second-order valence-electron chi connectivity index (χ2n) is 11.7. The van der Waals surface area contributed by atoms with Gasteiger partial charge in [-0.05, 0) is 79.2 Å². The molecule has 7 heteroatoms. The van der Waals surface area contributed by atoms with Gasteiger partial charge in [0.2, 0.25) is 6.79 Å². The predicted molar refractivity (Wildman–Crippen MR) is 145 cm³/mol. The fourth-order valence-corrected chi connectivity index (χ4v) is 7.65. The summed E-state index contributed by atoms with van der Waals surface area (Å²) in [4.78, 5) is 27.2. The SMILES string of the molecule is O=C(OCOc1ccc2c(c1)[C@]13CCCC[C@@H]1[C@H](C2)N(C(=O)OCc1ccccc1)CC3)OCC1CCCC1. The van der Waals surface area contributed by atoms with Crippen LogP contribution in [0, 0.1) is 11.8 Å². The highest BCUT2D eigenvalue weighted by Gasteiger charge is 2.55. The van der Waals surface area contributed by atoms with Crippen molar-refractivity contribution in [2.24, 2.45) is 11.8 Å². The summed E-state index contributed by atoms with van der Waals surface area (Å²) in [5.74, 6) is 1.58. The molecule has 7 nitrogen and oxygen atoms in total. The zero-order valence-electron chi connectivity index (χ0n) is 22.6. The van der Waals surface area contributed by atoms with E-state index in [0.717, 1.165) is 44.1 Å². The number of piperidine rings is 1. The lowest BCUT2D eigenvalue weighted by Gasteiger charge is -2.58. The molecule has 2 aromatic carbocycles. The Bertz CT molecular complexity index is 1160. The van der Waals surface area contributed by atoms with Crippen molar-refractivity contribution in [1.82, 2.24) is 4.90 Å². The Morgan fingerprint density at radius 1 is 0.897 bits per heavy atom. The highest BCUT2D eigenvalue weighted by Crippen LogP contribution is 2.56. The number of nitrogens with zero attached hydrogens (tertiary/aromatic N) is 1. The minimum atomic E-state index is -0.667. The number of hydrogen-bond acceptors (Lipinski definition) is 6. The van der Waals surface area contributed by atoms with Crippen LogP contribution in [0.3, 0.4) is 0 Å². The van der Waals surface area contributed by atoms with E-state index < -0.39 is 6.16 Å². The topological polar surface area (TPSA) is 74.3 Å². The molecule has 2 bridgehead atoms. The van der Waals surface area contributed by atoms with Gasteiger partial charge >= 0.3 is 12.2 Å². The minimum absolute atomic E-state index is 0.0488. The van der Waals surface area contributed by atoms with Gasteiger partial charge in [-0.1, -0.05) is 62.1 Å². The summed E-state index contributed by atoms with van der Waals surface area (Å²) < 4.78 is 22.1. The first kappa shape index (κ1) is 26.0. The van der Waals surface area contributed by atoms with Crippen molar-refractivity contribution in [2.75, 3.05) is 19.9 Å². The van der Waals surface area contributed by atoms with Crippen molar-refractivity contribution in [3.63, 3.8) is 0 Å².